The second-order valence-electron chi connectivity index (χ2n) is 4.47. The molecule has 0 bridgehead atoms. The van der Waals surface area contributed by atoms with Crippen molar-refractivity contribution in [3.63, 3.8) is 0 Å². The van der Waals surface area contributed by atoms with Crippen LogP contribution in [0, 0.1) is 0 Å². The van der Waals surface area contributed by atoms with Crippen LogP contribution in [0.15, 0.2) is 36.9 Å². The molecule has 88 valence electrons. The molecule has 1 amide bonds. The van der Waals surface area contributed by atoms with Gasteiger partial charge in [0.1, 0.15) is 5.54 Å². The summed E-state index contributed by atoms with van der Waals surface area (Å²) in [4.78, 5) is 25.7. The standard InChI is InChI=1S/C14H15NO2/c1-4-9-14(3)13(17)11-7-5-6-8-12(11)15(14)10(2)16/h4-8H,1,9H2,2-3H3/t14-/m0/s1. The van der Waals surface area contributed by atoms with Crippen molar-refractivity contribution in [1.29, 1.82) is 0 Å². The first-order valence-corrected chi connectivity index (χ1v) is 5.58. The zero-order valence-electron chi connectivity index (χ0n) is 10.1. The summed E-state index contributed by atoms with van der Waals surface area (Å²) in [6.45, 7) is 6.94. The first kappa shape index (κ1) is 11.6. The summed E-state index contributed by atoms with van der Waals surface area (Å²) < 4.78 is 0. The highest BCUT2D eigenvalue weighted by Crippen LogP contribution is 2.40. The van der Waals surface area contributed by atoms with Crippen molar-refractivity contribution in [3.8, 4) is 0 Å². The lowest BCUT2D eigenvalue weighted by Gasteiger charge is -2.32. The highest BCUT2D eigenvalue weighted by molar-refractivity contribution is 6.20. The number of carbonyl (C=O) groups excluding carboxylic acids is 2. The molecule has 2 rings (SSSR count). The van der Waals surface area contributed by atoms with Gasteiger partial charge in [0.2, 0.25) is 5.91 Å². The van der Waals surface area contributed by atoms with E-state index in [-0.39, 0.29) is 11.7 Å². The first-order chi connectivity index (χ1) is 8.02. The van der Waals surface area contributed by atoms with E-state index in [1.165, 1.54) is 6.92 Å². The molecule has 1 heterocycles. The molecule has 1 atom stereocenters. The van der Waals surface area contributed by atoms with Crippen LogP contribution in [0.1, 0.15) is 30.6 Å². The maximum atomic E-state index is 12.4. The molecule has 3 nitrogen and oxygen atoms in total. The average Bonchev–Trinajstić information content (AvgIpc) is 2.49. The molecule has 0 aromatic heterocycles. The average molecular weight is 229 g/mol. The number of Topliss-reactive ketones (excluding diaryl/α,β-unsaturated/α-hetero) is 1. The number of carbonyl (C=O) groups is 2. The van der Waals surface area contributed by atoms with E-state index in [1.54, 1.807) is 24.0 Å². The van der Waals surface area contributed by atoms with Crippen molar-refractivity contribution in [1.82, 2.24) is 0 Å². The van der Waals surface area contributed by atoms with Crippen molar-refractivity contribution in [2.45, 2.75) is 25.8 Å². The monoisotopic (exact) mass is 229 g/mol. The van der Waals surface area contributed by atoms with Gasteiger partial charge < -0.3 is 0 Å². The third-order valence-corrected chi connectivity index (χ3v) is 3.23. The number of fused-ring (bicyclic) bond motifs is 1. The summed E-state index contributed by atoms with van der Waals surface area (Å²) >= 11 is 0. The maximum absolute atomic E-state index is 12.4. The fraction of sp³-hybridized carbons (Fsp3) is 0.286. The minimum absolute atomic E-state index is 0.0109. The van der Waals surface area contributed by atoms with E-state index in [2.05, 4.69) is 6.58 Å². The minimum atomic E-state index is -0.822. The molecular weight excluding hydrogens is 214 g/mol. The molecule has 17 heavy (non-hydrogen) atoms. The molecule has 1 aromatic carbocycles. The molecule has 0 radical (unpaired) electrons. The van der Waals surface area contributed by atoms with Gasteiger partial charge in [-0.1, -0.05) is 18.2 Å². The Bertz CT molecular complexity index is 507. The van der Waals surface area contributed by atoms with Crippen molar-refractivity contribution in [3.05, 3.63) is 42.5 Å². The van der Waals surface area contributed by atoms with Crippen LogP contribution < -0.4 is 4.90 Å². The first-order valence-electron chi connectivity index (χ1n) is 5.58. The summed E-state index contributed by atoms with van der Waals surface area (Å²) in [6.07, 6.45) is 2.14. The predicted octanol–water partition coefficient (Wildman–Crippen LogP) is 2.57. The number of nitrogens with zero attached hydrogens (tertiary/aromatic N) is 1. The van der Waals surface area contributed by atoms with Gasteiger partial charge in [-0.2, -0.15) is 0 Å². The number of amides is 1. The van der Waals surface area contributed by atoms with E-state index in [9.17, 15) is 9.59 Å². The van der Waals surface area contributed by atoms with Crippen LogP contribution in [0.5, 0.6) is 0 Å². The molecule has 1 aliphatic heterocycles. The van der Waals surface area contributed by atoms with Crippen LogP contribution in [-0.4, -0.2) is 17.2 Å². The van der Waals surface area contributed by atoms with Gasteiger partial charge in [-0.05, 0) is 25.5 Å². The van der Waals surface area contributed by atoms with E-state index in [0.717, 1.165) is 0 Å². The third-order valence-electron chi connectivity index (χ3n) is 3.23. The molecule has 0 spiro atoms. The van der Waals surface area contributed by atoms with Crippen molar-refractivity contribution < 1.29 is 9.59 Å². The Labute approximate surface area is 101 Å². The molecule has 1 aliphatic rings. The van der Waals surface area contributed by atoms with Gasteiger partial charge in [-0.3, -0.25) is 14.5 Å². The molecule has 0 N–H and O–H groups in total. The summed E-state index contributed by atoms with van der Waals surface area (Å²) in [5.41, 5.74) is 0.499. The quantitative estimate of drug-likeness (QED) is 0.731. The lowest BCUT2D eigenvalue weighted by atomic mass is 9.91. The molecular formula is C14H15NO2. The molecule has 0 unspecified atom stereocenters. The van der Waals surface area contributed by atoms with Crippen molar-refractivity contribution >= 4 is 17.4 Å². The van der Waals surface area contributed by atoms with Gasteiger partial charge in [0, 0.05) is 12.5 Å². The highest BCUT2D eigenvalue weighted by atomic mass is 16.2. The Morgan fingerprint density at radius 2 is 2.12 bits per heavy atom. The molecule has 0 fully saturated rings. The topological polar surface area (TPSA) is 37.4 Å². The number of para-hydroxylation sites is 1. The Morgan fingerprint density at radius 1 is 1.47 bits per heavy atom. The smallest absolute Gasteiger partial charge is 0.224 e. The maximum Gasteiger partial charge on any atom is 0.224 e. The number of rotatable bonds is 2. The summed E-state index contributed by atoms with van der Waals surface area (Å²) in [6, 6.07) is 7.22. The van der Waals surface area contributed by atoms with Crippen LogP contribution in [0.4, 0.5) is 5.69 Å². The van der Waals surface area contributed by atoms with E-state index >= 15 is 0 Å². The van der Waals surface area contributed by atoms with Gasteiger partial charge in [-0.25, -0.2) is 0 Å². The largest absolute Gasteiger partial charge is 0.298 e. The SMILES string of the molecule is C=CC[C@@]1(C)C(=O)c2ccccc2N1C(C)=O. The lowest BCUT2D eigenvalue weighted by molar-refractivity contribution is -0.117. The summed E-state index contributed by atoms with van der Waals surface area (Å²) in [7, 11) is 0. The van der Waals surface area contributed by atoms with E-state index in [1.807, 2.05) is 18.2 Å². The Morgan fingerprint density at radius 3 is 2.71 bits per heavy atom. The van der Waals surface area contributed by atoms with Gasteiger partial charge in [0.05, 0.1) is 5.69 Å². The van der Waals surface area contributed by atoms with E-state index in [4.69, 9.17) is 0 Å². The molecule has 0 saturated heterocycles. The predicted molar refractivity (Wildman–Crippen MR) is 67.2 cm³/mol. The van der Waals surface area contributed by atoms with Crippen LogP contribution >= 0.6 is 0 Å². The van der Waals surface area contributed by atoms with Crippen LogP contribution in [0.2, 0.25) is 0 Å². The fourth-order valence-electron chi connectivity index (χ4n) is 2.50. The second-order valence-corrected chi connectivity index (χ2v) is 4.47. The number of hydrogen-bond acceptors (Lipinski definition) is 2. The number of benzene rings is 1. The number of anilines is 1. The summed E-state index contributed by atoms with van der Waals surface area (Å²) in [5, 5.41) is 0. The normalized spacial score (nSPS) is 22.5. The zero-order chi connectivity index (χ0) is 12.6. The Hall–Kier alpha value is -1.90. The van der Waals surface area contributed by atoms with E-state index < -0.39 is 5.54 Å². The number of hydrogen-bond donors (Lipinski definition) is 0. The molecule has 1 aromatic rings. The Balaban J connectivity index is 2.63. The van der Waals surface area contributed by atoms with Crippen LogP contribution in [0.3, 0.4) is 0 Å². The fourth-order valence-corrected chi connectivity index (χ4v) is 2.50. The van der Waals surface area contributed by atoms with Crippen LogP contribution in [-0.2, 0) is 4.79 Å². The van der Waals surface area contributed by atoms with Gasteiger partial charge in [-0.15, -0.1) is 6.58 Å². The third kappa shape index (κ3) is 1.50. The van der Waals surface area contributed by atoms with E-state index in [0.29, 0.717) is 17.7 Å². The lowest BCUT2D eigenvalue weighted by Crippen LogP contribution is -2.49. The second kappa shape index (κ2) is 3.84. The van der Waals surface area contributed by atoms with Gasteiger partial charge in [0.15, 0.2) is 5.78 Å². The zero-order valence-corrected chi connectivity index (χ0v) is 10.1. The van der Waals surface area contributed by atoms with Gasteiger partial charge in [0.25, 0.3) is 0 Å². The van der Waals surface area contributed by atoms with Crippen molar-refractivity contribution in [2.75, 3.05) is 4.90 Å². The summed E-state index contributed by atoms with van der Waals surface area (Å²) in [5.74, 6) is -0.129. The highest BCUT2D eigenvalue weighted by Gasteiger charge is 2.48. The number of ketones is 1. The molecule has 0 saturated carbocycles. The minimum Gasteiger partial charge on any atom is -0.298 e. The van der Waals surface area contributed by atoms with Crippen LogP contribution in [0.25, 0.3) is 0 Å². The Kier molecular flexibility index (Phi) is 2.62. The van der Waals surface area contributed by atoms with Crippen molar-refractivity contribution in [2.24, 2.45) is 0 Å². The molecule has 0 aliphatic carbocycles. The van der Waals surface area contributed by atoms with Gasteiger partial charge >= 0.3 is 0 Å². The molecule has 3 heteroatoms.